The molecule has 0 saturated heterocycles. The summed E-state index contributed by atoms with van der Waals surface area (Å²) in [6, 6.07) is 8.47. The van der Waals surface area contributed by atoms with Crippen molar-refractivity contribution >= 4 is 15.8 Å². The van der Waals surface area contributed by atoms with Crippen LogP contribution in [0.3, 0.4) is 0 Å². The summed E-state index contributed by atoms with van der Waals surface area (Å²) >= 11 is 0. The van der Waals surface area contributed by atoms with Gasteiger partial charge in [0.05, 0.1) is 12.4 Å². The van der Waals surface area contributed by atoms with Crippen LogP contribution in [-0.4, -0.2) is 26.7 Å². The van der Waals surface area contributed by atoms with Crippen molar-refractivity contribution in [2.75, 3.05) is 12.4 Å². The molecule has 0 aliphatic rings. The summed E-state index contributed by atoms with van der Waals surface area (Å²) in [4.78, 5) is 11.9. The van der Waals surface area contributed by atoms with Gasteiger partial charge in [-0.3, -0.25) is 4.79 Å². The third kappa shape index (κ3) is 3.57. The van der Waals surface area contributed by atoms with Gasteiger partial charge in [-0.05, 0) is 18.9 Å². The van der Waals surface area contributed by atoms with Crippen LogP contribution in [0.15, 0.2) is 30.3 Å². The van der Waals surface area contributed by atoms with E-state index >= 15 is 0 Å². The minimum absolute atomic E-state index is 0.0224. The third-order valence-electron chi connectivity index (χ3n) is 2.45. The maximum absolute atomic E-state index is 12.1. The average molecular weight is 270 g/mol. The van der Waals surface area contributed by atoms with Gasteiger partial charge in [0.25, 0.3) is 0 Å². The second-order valence-corrected chi connectivity index (χ2v) is 6.12. The Hall–Kier alpha value is -1.36. The Labute approximate surface area is 108 Å². The van der Waals surface area contributed by atoms with Gasteiger partial charge < -0.3 is 4.74 Å². The van der Waals surface area contributed by atoms with Crippen molar-refractivity contribution in [2.24, 2.45) is 0 Å². The normalized spacial score (nSPS) is 13.0. The summed E-state index contributed by atoms with van der Waals surface area (Å²) in [7, 11) is -3.52. The molecule has 0 radical (unpaired) electrons. The molecule has 1 aromatic rings. The van der Waals surface area contributed by atoms with Gasteiger partial charge in [0, 0.05) is 0 Å². The summed E-state index contributed by atoms with van der Waals surface area (Å²) < 4.78 is 29.2. The van der Waals surface area contributed by atoms with Crippen molar-refractivity contribution in [3.63, 3.8) is 0 Å². The fraction of sp³-hybridized carbons (Fsp3) is 0.462. The first-order valence-electron chi connectivity index (χ1n) is 5.96. The van der Waals surface area contributed by atoms with Gasteiger partial charge in [0.2, 0.25) is 0 Å². The number of rotatable bonds is 6. The van der Waals surface area contributed by atoms with Gasteiger partial charge >= 0.3 is 5.97 Å². The number of ether oxygens (including phenoxy) is 1. The minimum atomic E-state index is -3.52. The third-order valence-corrected chi connectivity index (χ3v) is 4.61. The van der Waals surface area contributed by atoms with Gasteiger partial charge in [0.15, 0.2) is 15.1 Å². The van der Waals surface area contributed by atoms with Crippen LogP contribution >= 0.6 is 0 Å². The Morgan fingerprint density at radius 3 is 2.33 bits per heavy atom. The highest BCUT2D eigenvalue weighted by molar-refractivity contribution is 7.92. The van der Waals surface area contributed by atoms with Crippen molar-refractivity contribution in [1.82, 2.24) is 0 Å². The molecule has 0 aromatic heterocycles. The summed E-state index contributed by atoms with van der Waals surface area (Å²) in [5.41, 5.74) is 0.462. The van der Waals surface area contributed by atoms with E-state index in [4.69, 9.17) is 4.74 Å². The molecule has 1 unspecified atom stereocenters. The zero-order valence-electron chi connectivity index (χ0n) is 10.6. The van der Waals surface area contributed by atoms with E-state index in [1.54, 1.807) is 44.2 Å². The van der Waals surface area contributed by atoms with E-state index in [9.17, 15) is 13.2 Å². The van der Waals surface area contributed by atoms with Crippen molar-refractivity contribution in [1.29, 1.82) is 0 Å². The molecule has 0 fully saturated rings. The Balaban J connectivity index is 3.15. The second-order valence-electron chi connectivity index (χ2n) is 3.91. The van der Waals surface area contributed by atoms with E-state index in [0.29, 0.717) is 12.0 Å². The maximum atomic E-state index is 12.1. The van der Waals surface area contributed by atoms with E-state index in [2.05, 4.69) is 0 Å². The predicted molar refractivity (Wildman–Crippen MR) is 69.9 cm³/mol. The van der Waals surface area contributed by atoms with Gasteiger partial charge in [-0.1, -0.05) is 37.3 Å². The van der Waals surface area contributed by atoms with Crippen LogP contribution in [0.4, 0.5) is 0 Å². The smallest absolute Gasteiger partial charge is 0.328 e. The fourth-order valence-corrected chi connectivity index (χ4v) is 3.48. The van der Waals surface area contributed by atoms with E-state index in [0.717, 1.165) is 0 Å². The van der Waals surface area contributed by atoms with Gasteiger partial charge in [0.1, 0.15) is 0 Å². The first-order chi connectivity index (χ1) is 8.53. The average Bonchev–Trinajstić information content (AvgIpc) is 2.30. The van der Waals surface area contributed by atoms with Crippen LogP contribution in [0.25, 0.3) is 0 Å². The molecule has 18 heavy (non-hydrogen) atoms. The molecular weight excluding hydrogens is 252 g/mol. The molecule has 100 valence electrons. The first kappa shape index (κ1) is 14.7. The largest absolute Gasteiger partial charge is 0.465 e. The molecule has 0 N–H and O–H groups in total. The van der Waals surface area contributed by atoms with Crippen molar-refractivity contribution in [3.8, 4) is 0 Å². The predicted octanol–water partition coefficient (Wildman–Crippen LogP) is 2.12. The molecule has 0 saturated carbocycles. The Kier molecular flexibility index (Phi) is 5.34. The van der Waals surface area contributed by atoms with Crippen LogP contribution in [0.1, 0.15) is 31.1 Å². The molecule has 4 nitrogen and oxygen atoms in total. The van der Waals surface area contributed by atoms with Crippen LogP contribution < -0.4 is 0 Å². The monoisotopic (exact) mass is 270 g/mol. The number of esters is 1. The Morgan fingerprint density at radius 2 is 1.83 bits per heavy atom. The van der Waals surface area contributed by atoms with E-state index < -0.39 is 21.1 Å². The van der Waals surface area contributed by atoms with Crippen LogP contribution in [0.2, 0.25) is 0 Å². The lowest BCUT2D eigenvalue weighted by Crippen LogP contribution is -2.26. The molecule has 1 rings (SSSR count). The van der Waals surface area contributed by atoms with E-state index in [1.807, 2.05) is 0 Å². The van der Waals surface area contributed by atoms with Crippen LogP contribution in [0.5, 0.6) is 0 Å². The first-order valence-corrected chi connectivity index (χ1v) is 7.67. The lowest BCUT2D eigenvalue weighted by atomic mass is 10.1. The standard InChI is InChI=1S/C13H18O4S/c1-3-10-18(15,16)12(13(14)17-4-2)11-8-6-5-7-9-11/h5-9,12H,3-4,10H2,1-2H3. The van der Waals surface area contributed by atoms with Gasteiger partial charge in [-0.15, -0.1) is 0 Å². The molecule has 0 amide bonds. The number of hydrogen-bond acceptors (Lipinski definition) is 4. The minimum Gasteiger partial charge on any atom is -0.465 e. The van der Waals surface area contributed by atoms with Crippen molar-refractivity contribution in [3.05, 3.63) is 35.9 Å². The number of sulfone groups is 1. The summed E-state index contributed by atoms with van der Waals surface area (Å²) in [6.07, 6.45) is 0.477. The lowest BCUT2D eigenvalue weighted by Gasteiger charge is -2.16. The Bertz CT molecular complexity index is 479. The molecule has 1 atom stereocenters. The maximum Gasteiger partial charge on any atom is 0.328 e. The number of carbonyl (C=O) groups excluding carboxylic acids is 1. The molecule has 1 aromatic carbocycles. The molecular formula is C13H18O4S. The fourth-order valence-electron chi connectivity index (χ4n) is 1.74. The van der Waals surface area contributed by atoms with Crippen molar-refractivity contribution < 1.29 is 17.9 Å². The Morgan fingerprint density at radius 1 is 1.22 bits per heavy atom. The highest BCUT2D eigenvalue weighted by Crippen LogP contribution is 2.25. The zero-order chi connectivity index (χ0) is 13.6. The second kappa shape index (κ2) is 6.54. The molecule has 0 aliphatic heterocycles. The van der Waals surface area contributed by atoms with E-state index in [-0.39, 0.29) is 12.4 Å². The quantitative estimate of drug-likeness (QED) is 0.743. The number of hydrogen-bond donors (Lipinski definition) is 0. The molecule has 0 spiro atoms. The summed E-state index contributed by atoms with van der Waals surface area (Å²) in [5.74, 6) is -0.720. The molecule has 0 heterocycles. The SMILES string of the molecule is CCCS(=O)(=O)C(C(=O)OCC)c1ccccc1. The summed E-state index contributed by atoms with van der Waals surface area (Å²) in [5, 5.41) is -1.21. The molecule has 5 heteroatoms. The van der Waals surface area contributed by atoms with Crippen molar-refractivity contribution in [2.45, 2.75) is 25.5 Å². The highest BCUT2D eigenvalue weighted by Gasteiger charge is 2.34. The lowest BCUT2D eigenvalue weighted by molar-refractivity contribution is -0.142. The topological polar surface area (TPSA) is 60.4 Å². The zero-order valence-corrected chi connectivity index (χ0v) is 11.4. The van der Waals surface area contributed by atoms with Gasteiger partial charge in [-0.2, -0.15) is 0 Å². The molecule has 0 aliphatic carbocycles. The molecule has 0 bridgehead atoms. The number of carbonyl (C=O) groups is 1. The van der Waals surface area contributed by atoms with E-state index in [1.165, 1.54) is 0 Å². The highest BCUT2D eigenvalue weighted by atomic mass is 32.2. The van der Waals surface area contributed by atoms with Crippen LogP contribution in [-0.2, 0) is 19.4 Å². The number of benzene rings is 1. The van der Waals surface area contributed by atoms with Crippen LogP contribution in [0, 0.1) is 0 Å². The van der Waals surface area contributed by atoms with Gasteiger partial charge in [-0.25, -0.2) is 8.42 Å². The summed E-state index contributed by atoms with van der Waals surface area (Å²) in [6.45, 7) is 3.60.